The molecule has 2 N–H and O–H groups in total. The fourth-order valence-electron chi connectivity index (χ4n) is 2.90. The smallest absolute Gasteiger partial charge is 0.345 e. The van der Waals surface area contributed by atoms with Gasteiger partial charge in [-0.15, -0.1) is 0 Å². The van der Waals surface area contributed by atoms with Crippen molar-refractivity contribution in [3.05, 3.63) is 79.4 Å². The quantitative estimate of drug-likeness (QED) is 0.180. The van der Waals surface area contributed by atoms with Crippen molar-refractivity contribution in [3.63, 3.8) is 0 Å². The molecule has 1 amide bonds. The van der Waals surface area contributed by atoms with E-state index in [1.54, 1.807) is 43.3 Å². The molecule has 34 heavy (non-hydrogen) atoms. The molecule has 7 nitrogen and oxygen atoms in total. The number of benzene rings is 2. The molecule has 0 aliphatic heterocycles. The average molecular weight is 563 g/mol. The van der Waals surface area contributed by atoms with Crippen LogP contribution in [0.5, 0.6) is 0 Å². The van der Waals surface area contributed by atoms with Gasteiger partial charge in [-0.1, -0.05) is 39.1 Å². The van der Waals surface area contributed by atoms with Gasteiger partial charge in [-0.05, 0) is 61.9 Å². The summed E-state index contributed by atoms with van der Waals surface area (Å²) in [5, 5.41) is 15.6. The SMILES string of the molecule is CCOC(=O)c1c(Nc2ccc(Cl)cc2)oc(/C=C(\C#N)C(=O)Nc2ccc(Br)cc2C)c1Cl. The van der Waals surface area contributed by atoms with E-state index in [0.29, 0.717) is 16.4 Å². The van der Waals surface area contributed by atoms with Gasteiger partial charge in [0, 0.05) is 26.9 Å². The summed E-state index contributed by atoms with van der Waals surface area (Å²) in [6, 6.07) is 13.8. The molecule has 0 bridgehead atoms. The molecule has 0 unspecified atom stereocenters. The summed E-state index contributed by atoms with van der Waals surface area (Å²) in [5.74, 6) is -1.44. The van der Waals surface area contributed by atoms with Gasteiger partial charge in [-0.25, -0.2) is 4.79 Å². The Morgan fingerprint density at radius 1 is 1.21 bits per heavy atom. The molecule has 0 radical (unpaired) electrons. The highest BCUT2D eigenvalue weighted by Gasteiger charge is 2.26. The van der Waals surface area contributed by atoms with Crippen LogP contribution in [0.2, 0.25) is 10.0 Å². The number of nitrogens with zero attached hydrogens (tertiary/aromatic N) is 1. The number of hydrogen-bond donors (Lipinski definition) is 2. The molecule has 0 fully saturated rings. The van der Waals surface area contributed by atoms with Crippen LogP contribution in [-0.4, -0.2) is 18.5 Å². The van der Waals surface area contributed by atoms with E-state index in [0.717, 1.165) is 10.0 Å². The van der Waals surface area contributed by atoms with Gasteiger partial charge in [-0.2, -0.15) is 5.26 Å². The molecular formula is C24H18BrCl2N3O4. The number of halogens is 3. The summed E-state index contributed by atoms with van der Waals surface area (Å²) in [4.78, 5) is 25.3. The molecule has 1 aromatic heterocycles. The highest BCUT2D eigenvalue weighted by atomic mass is 79.9. The van der Waals surface area contributed by atoms with E-state index in [1.165, 1.54) is 6.08 Å². The van der Waals surface area contributed by atoms with E-state index in [1.807, 2.05) is 19.1 Å². The van der Waals surface area contributed by atoms with Gasteiger partial charge in [-0.3, -0.25) is 4.79 Å². The van der Waals surface area contributed by atoms with Gasteiger partial charge in [0.05, 0.1) is 6.61 Å². The fourth-order valence-corrected chi connectivity index (χ4v) is 3.75. The molecular weight excluding hydrogens is 545 g/mol. The lowest BCUT2D eigenvalue weighted by Gasteiger charge is -2.08. The van der Waals surface area contributed by atoms with Crippen LogP contribution in [-0.2, 0) is 9.53 Å². The summed E-state index contributed by atoms with van der Waals surface area (Å²) in [5.41, 5.74) is 1.57. The van der Waals surface area contributed by atoms with Crippen molar-refractivity contribution in [2.75, 3.05) is 17.2 Å². The Kier molecular flexibility index (Phi) is 8.40. The number of furan rings is 1. The number of esters is 1. The Bertz CT molecular complexity index is 1310. The Hall–Kier alpha value is -3.25. The standard InChI is InChI=1S/C24H18BrCl2N3O4/c1-3-33-24(32)20-21(27)19(34-23(20)29-17-7-5-16(26)6-8-17)11-14(12-28)22(31)30-18-9-4-15(25)10-13(18)2/h4-11,29H,3H2,1-2H3,(H,30,31)/b14-11+. The zero-order valence-corrected chi connectivity index (χ0v) is 21.1. The van der Waals surface area contributed by atoms with Crippen LogP contribution in [0.25, 0.3) is 6.08 Å². The first-order valence-corrected chi connectivity index (χ1v) is 11.5. The molecule has 2 aromatic carbocycles. The number of hydrogen-bond acceptors (Lipinski definition) is 6. The minimum atomic E-state index is -0.721. The number of carbonyl (C=O) groups is 2. The van der Waals surface area contributed by atoms with Crippen LogP contribution >= 0.6 is 39.1 Å². The number of amides is 1. The molecule has 0 saturated heterocycles. The van der Waals surface area contributed by atoms with E-state index in [2.05, 4.69) is 26.6 Å². The van der Waals surface area contributed by atoms with Gasteiger partial charge in [0.2, 0.25) is 5.88 Å². The van der Waals surface area contributed by atoms with E-state index in [-0.39, 0.29) is 34.4 Å². The van der Waals surface area contributed by atoms with Crippen molar-refractivity contribution >= 4 is 74.3 Å². The predicted molar refractivity (Wildman–Crippen MR) is 136 cm³/mol. The number of aryl methyl sites for hydroxylation is 1. The summed E-state index contributed by atoms with van der Waals surface area (Å²) >= 11 is 15.7. The van der Waals surface area contributed by atoms with Gasteiger partial charge in [0.15, 0.2) is 5.76 Å². The first kappa shape index (κ1) is 25.4. The number of nitriles is 1. The van der Waals surface area contributed by atoms with Gasteiger partial charge >= 0.3 is 5.97 Å². The van der Waals surface area contributed by atoms with Crippen LogP contribution in [0.1, 0.15) is 28.6 Å². The van der Waals surface area contributed by atoms with E-state index in [9.17, 15) is 14.9 Å². The third kappa shape index (κ3) is 6.00. The zero-order chi connectivity index (χ0) is 24.8. The number of nitrogens with one attached hydrogen (secondary N) is 2. The topological polar surface area (TPSA) is 104 Å². The molecule has 0 saturated carbocycles. The van der Waals surface area contributed by atoms with Gasteiger partial charge in [0.25, 0.3) is 5.91 Å². The van der Waals surface area contributed by atoms with Crippen LogP contribution in [0, 0.1) is 18.3 Å². The summed E-state index contributed by atoms with van der Waals surface area (Å²) in [6.07, 6.45) is 1.17. The maximum atomic E-state index is 12.7. The lowest BCUT2D eigenvalue weighted by atomic mass is 10.1. The molecule has 0 atom stereocenters. The van der Waals surface area contributed by atoms with Crippen molar-refractivity contribution in [1.29, 1.82) is 5.26 Å². The van der Waals surface area contributed by atoms with Crippen molar-refractivity contribution < 1.29 is 18.7 Å². The second kappa shape index (κ2) is 11.3. The van der Waals surface area contributed by atoms with Gasteiger partial charge < -0.3 is 19.8 Å². The monoisotopic (exact) mass is 561 g/mol. The van der Waals surface area contributed by atoms with E-state index >= 15 is 0 Å². The van der Waals surface area contributed by atoms with Crippen molar-refractivity contribution in [3.8, 4) is 6.07 Å². The first-order chi connectivity index (χ1) is 16.2. The Labute approximate surface area is 214 Å². The number of anilines is 3. The number of rotatable bonds is 7. The normalized spacial score (nSPS) is 11.0. The Balaban J connectivity index is 1.97. The third-order valence-electron chi connectivity index (χ3n) is 4.53. The zero-order valence-electron chi connectivity index (χ0n) is 18.0. The van der Waals surface area contributed by atoms with Crippen LogP contribution in [0.15, 0.2) is 56.9 Å². The largest absolute Gasteiger partial charge is 0.462 e. The second-order valence-electron chi connectivity index (χ2n) is 6.92. The highest BCUT2D eigenvalue weighted by molar-refractivity contribution is 9.10. The van der Waals surface area contributed by atoms with Gasteiger partial charge in [0.1, 0.15) is 22.2 Å². The predicted octanol–water partition coefficient (Wildman–Crippen LogP) is 7.12. The van der Waals surface area contributed by atoms with Crippen molar-refractivity contribution in [2.45, 2.75) is 13.8 Å². The van der Waals surface area contributed by atoms with Crippen LogP contribution in [0.3, 0.4) is 0 Å². The third-order valence-corrected chi connectivity index (χ3v) is 5.65. The summed E-state index contributed by atoms with van der Waals surface area (Å²) < 4.78 is 11.7. The molecule has 3 aromatic rings. The minimum Gasteiger partial charge on any atom is -0.462 e. The molecule has 174 valence electrons. The lowest BCUT2D eigenvalue weighted by molar-refractivity contribution is -0.112. The van der Waals surface area contributed by atoms with Crippen LogP contribution in [0.4, 0.5) is 17.3 Å². The number of carbonyl (C=O) groups excluding carboxylic acids is 2. The summed E-state index contributed by atoms with van der Waals surface area (Å²) in [6.45, 7) is 3.59. The molecule has 1 heterocycles. The highest BCUT2D eigenvalue weighted by Crippen LogP contribution is 2.36. The van der Waals surface area contributed by atoms with E-state index < -0.39 is 11.9 Å². The molecule has 0 spiro atoms. The molecule has 10 heteroatoms. The Morgan fingerprint density at radius 3 is 2.53 bits per heavy atom. The maximum Gasteiger partial charge on any atom is 0.345 e. The lowest BCUT2D eigenvalue weighted by Crippen LogP contribution is -2.14. The first-order valence-electron chi connectivity index (χ1n) is 9.94. The van der Waals surface area contributed by atoms with Crippen molar-refractivity contribution in [2.24, 2.45) is 0 Å². The molecule has 3 rings (SSSR count). The van der Waals surface area contributed by atoms with Crippen molar-refractivity contribution in [1.82, 2.24) is 0 Å². The molecule has 0 aliphatic carbocycles. The fraction of sp³-hybridized carbons (Fsp3) is 0.125. The van der Waals surface area contributed by atoms with E-state index in [4.69, 9.17) is 32.4 Å². The molecule has 0 aliphatic rings. The second-order valence-corrected chi connectivity index (χ2v) is 8.65. The minimum absolute atomic E-state index is 0.00141. The summed E-state index contributed by atoms with van der Waals surface area (Å²) in [7, 11) is 0. The Morgan fingerprint density at radius 2 is 1.91 bits per heavy atom. The van der Waals surface area contributed by atoms with Crippen LogP contribution < -0.4 is 10.6 Å². The number of ether oxygens (including phenoxy) is 1. The average Bonchev–Trinajstić information content (AvgIpc) is 3.10. The maximum absolute atomic E-state index is 12.7.